The van der Waals surface area contributed by atoms with E-state index in [1.165, 1.54) is 4.31 Å². The van der Waals surface area contributed by atoms with Gasteiger partial charge in [0, 0.05) is 13.1 Å². The lowest BCUT2D eigenvalue weighted by Crippen LogP contribution is -2.33. The molecule has 1 aliphatic carbocycles. The molecule has 116 valence electrons. The number of carboxylic acids is 1. The van der Waals surface area contributed by atoms with Gasteiger partial charge in [-0.2, -0.15) is 4.31 Å². The number of nitrogens with zero attached hydrogens (tertiary/aromatic N) is 1. The van der Waals surface area contributed by atoms with Crippen molar-refractivity contribution in [2.75, 3.05) is 13.1 Å². The number of halogens is 1. The number of hydrogen-bond donors (Lipinski definition) is 1. The zero-order valence-electron chi connectivity index (χ0n) is 11.8. The second-order valence-corrected chi connectivity index (χ2v) is 7.19. The molecule has 0 amide bonds. The quantitative estimate of drug-likeness (QED) is 0.838. The van der Waals surface area contributed by atoms with Gasteiger partial charge >= 0.3 is 5.97 Å². The Morgan fingerprint density at radius 2 is 2.10 bits per heavy atom. The summed E-state index contributed by atoms with van der Waals surface area (Å²) < 4.78 is 39.9. The number of benzene rings is 1. The van der Waals surface area contributed by atoms with E-state index in [1.807, 2.05) is 6.92 Å². The van der Waals surface area contributed by atoms with Crippen LogP contribution in [0.3, 0.4) is 0 Å². The minimum absolute atomic E-state index is 0.171. The third kappa shape index (κ3) is 3.59. The van der Waals surface area contributed by atoms with Crippen LogP contribution >= 0.6 is 0 Å². The highest BCUT2D eigenvalue weighted by Gasteiger charge is 2.31. The molecule has 0 spiro atoms. The van der Waals surface area contributed by atoms with Gasteiger partial charge < -0.3 is 5.11 Å². The molecule has 0 bridgehead atoms. The number of hydrogen-bond acceptors (Lipinski definition) is 3. The molecule has 0 radical (unpaired) electrons. The number of carboxylic acid groups (broad SMARTS) is 1. The summed E-state index contributed by atoms with van der Waals surface area (Å²) in [5.74, 6) is -2.04. The van der Waals surface area contributed by atoms with Gasteiger partial charge in [-0.3, -0.25) is 0 Å². The highest BCUT2D eigenvalue weighted by Crippen LogP contribution is 2.32. The lowest BCUT2D eigenvalue weighted by atomic mass is 10.2. The van der Waals surface area contributed by atoms with E-state index in [2.05, 4.69) is 0 Å². The Kier molecular flexibility index (Phi) is 4.63. The summed E-state index contributed by atoms with van der Waals surface area (Å²) in [6.07, 6.45) is 2.69. The van der Waals surface area contributed by atoms with Crippen LogP contribution < -0.4 is 0 Å². The van der Waals surface area contributed by atoms with Crippen molar-refractivity contribution in [2.45, 2.75) is 31.1 Å². The van der Waals surface area contributed by atoms with Crippen molar-refractivity contribution in [1.82, 2.24) is 4.31 Å². The fourth-order valence-electron chi connectivity index (χ4n) is 2.13. The molecule has 21 heavy (non-hydrogen) atoms. The first-order valence-corrected chi connectivity index (χ1v) is 8.33. The highest BCUT2D eigenvalue weighted by atomic mass is 32.2. The first-order valence-electron chi connectivity index (χ1n) is 6.89. The van der Waals surface area contributed by atoms with Crippen LogP contribution in [0.15, 0.2) is 23.1 Å². The molecule has 1 N–H and O–H groups in total. The Morgan fingerprint density at radius 1 is 1.43 bits per heavy atom. The second kappa shape index (κ2) is 6.11. The second-order valence-electron chi connectivity index (χ2n) is 5.25. The zero-order chi connectivity index (χ0) is 15.6. The van der Waals surface area contributed by atoms with Crippen molar-refractivity contribution in [1.29, 1.82) is 0 Å². The number of sulfonamides is 1. The Balaban J connectivity index is 2.36. The maximum atomic E-state index is 13.4. The van der Waals surface area contributed by atoms with Crippen molar-refractivity contribution in [3.8, 4) is 0 Å². The van der Waals surface area contributed by atoms with Crippen molar-refractivity contribution < 1.29 is 22.7 Å². The topological polar surface area (TPSA) is 74.7 Å². The van der Waals surface area contributed by atoms with Gasteiger partial charge in [0.05, 0.1) is 10.5 Å². The van der Waals surface area contributed by atoms with E-state index < -0.39 is 27.4 Å². The minimum atomic E-state index is -3.79. The molecular formula is C14H18FNO4S. The van der Waals surface area contributed by atoms with Gasteiger partial charge in [-0.05, 0) is 43.4 Å². The third-order valence-corrected chi connectivity index (χ3v) is 5.30. The van der Waals surface area contributed by atoms with E-state index in [0.29, 0.717) is 25.4 Å². The molecule has 7 heteroatoms. The van der Waals surface area contributed by atoms with Crippen molar-refractivity contribution in [2.24, 2.45) is 5.92 Å². The van der Waals surface area contributed by atoms with Gasteiger partial charge in [-0.25, -0.2) is 17.6 Å². The fraction of sp³-hybridized carbons (Fsp3) is 0.500. The van der Waals surface area contributed by atoms with Gasteiger partial charge in [-0.15, -0.1) is 0 Å². The molecule has 0 heterocycles. The molecule has 1 saturated carbocycles. The summed E-state index contributed by atoms with van der Waals surface area (Å²) in [5.41, 5.74) is -0.626. The van der Waals surface area contributed by atoms with Crippen molar-refractivity contribution in [3.05, 3.63) is 29.6 Å². The maximum Gasteiger partial charge on any atom is 0.338 e. The normalized spacial score (nSPS) is 15.4. The fourth-order valence-corrected chi connectivity index (χ4v) is 3.76. The lowest BCUT2D eigenvalue weighted by molar-refractivity contribution is 0.0691. The Bertz CT molecular complexity index is 640. The van der Waals surface area contributed by atoms with Crippen LogP contribution in [0.25, 0.3) is 0 Å². The molecular weight excluding hydrogens is 297 g/mol. The average molecular weight is 315 g/mol. The van der Waals surface area contributed by atoms with Crippen LogP contribution in [0.5, 0.6) is 0 Å². The molecule has 1 aromatic carbocycles. The third-order valence-electron chi connectivity index (χ3n) is 3.44. The Labute approximate surface area is 123 Å². The van der Waals surface area contributed by atoms with Crippen molar-refractivity contribution >= 4 is 16.0 Å². The maximum absolute atomic E-state index is 13.4. The molecule has 2 rings (SSSR count). The standard InChI is InChI=1S/C14H18FNO4S/c1-2-7-16(9-10-3-4-10)21(19,20)11-5-6-13(15)12(8-11)14(17)18/h5-6,8,10H,2-4,7,9H2,1H3,(H,17,18). The first kappa shape index (κ1) is 15.9. The van der Waals surface area contributed by atoms with Gasteiger partial charge in [0.15, 0.2) is 0 Å². The predicted octanol–water partition coefficient (Wildman–Crippen LogP) is 2.33. The molecule has 0 aliphatic heterocycles. The lowest BCUT2D eigenvalue weighted by Gasteiger charge is -2.21. The van der Waals surface area contributed by atoms with Gasteiger partial charge in [-0.1, -0.05) is 6.92 Å². The van der Waals surface area contributed by atoms with E-state index in [4.69, 9.17) is 5.11 Å². The Hall–Kier alpha value is -1.47. The van der Waals surface area contributed by atoms with E-state index in [-0.39, 0.29) is 4.90 Å². The molecule has 5 nitrogen and oxygen atoms in total. The van der Waals surface area contributed by atoms with Crippen LogP contribution in [-0.4, -0.2) is 36.9 Å². The van der Waals surface area contributed by atoms with Crippen molar-refractivity contribution in [3.63, 3.8) is 0 Å². The summed E-state index contributed by atoms with van der Waals surface area (Å²) in [7, 11) is -3.79. The number of rotatable bonds is 7. The molecule has 0 aromatic heterocycles. The zero-order valence-corrected chi connectivity index (χ0v) is 12.6. The molecule has 0 unspecified atom stereocenters. The summed E-state index contributed by atoms with van der Waals surface area (Å²) in [5, 5.41) is 8.90. The van der Waals surface area contributed by atoms with E-state index in [1.54, 1.807) is 0 Å². The van der Waals surface area contributed by atoms with Gasteiger partial charge in [0.1, 0.15) is 5.82 Å². The molecule has 0 saturated heterocycles. The van der Waals surface area contributed by atoms with E-state index >= 15 is 0 Å². The predicted molar refractivity (Wildman–Crippen MR) is 75.1 cm³/mol. The van der Waals surface area contributed by atoms with Crippen LogP contribution in [-0.2, 0) is 10.0 Å². The first-order chi connectivity index (χ1) is 9.86. The summed E-state index contributed by atoms with van der Waals surface area (Å²) in [6.45, 7) is 2.69. The number of carbonyl (C=O) groups is 1. The van der Waals surface area contributed by atoms with E-state index in [0.717, 1.165) is 31.0 Å². The molecule has 0 atom stereocenters. The molecule has 1 aromatic rings. The molecule has 1 aliphatic rings. The molecule has 1 fully saturated rings. The average Bonchev–Trinajstić information content (AvgIpc) is 3.22. The van der Waals surface area contributed by atoms with Gasteiger partial charge in [0.25, 0.3) is 0 Å². The van der Waals surface area contributed by atoms with E-state index in [9.17, 15) is 17.6 Å². The largest absolute Gasteiger partial charge is 0.478 e. The summed E-state index contributed by atoms with van der Waals surface area (Å²) in [4.78, 5) is 10.8. The SMILES string of the molecule is CCCN(CC1CC1)S(=O)(=O)c1ccc(F)c(C(=O)O)c1. The van der Waals surface area contributed by atoms with Crippen LogP contribution in [0, 0.1) is 11.7 Å². The minimum Gasteiger partial charge on any atom is -0.478 e. The van der Waals surface area contributed by atoms with Crippen LogP contribution in [0.1, 0.15) is 36.5 Å². The monoisotopic (exact) mass is 315 g/mol. The summed E-state index contributed by atoms with van der Waals surface area (Å²) in [6, 6.07) is 2.90. The smallest absolute Gasteiger partial charge is 0.338 e. The van der Waals surface area contributed by atoms with Crippen LogP contribution in [0.2, 0.25) is 0 Å². The highest BCUT2D eigenvalue weighted by molar-refractivity contribution is 7.89. The Morgan fingerprint density at radius 3 is 2.62 bits per heavy atom. The van der Waals surface area contributed by atoms with Gasteiger partial charge in [0.2, 0.25) is 10.0 Å². The summed E-state index contributed by atoms with van der Waals surface area (Å²) >= 11 is 0. The van der Waals surface area contributed by atoms with Crippen LogP contribution in [0.4, 0.5) is 4.39 Å². The number of aromatic carboxylic acids is 1.